The first kappa shape index (κ1) is 45.4. The lowest BCUT2D eigenvalue weighted by molar-refractivity contribution is -0.109. The van der Waals surface area contributed by atoms with Gasteiger partial charge >= 0.3 is 0 Å². The van der Waals surface area contributed by atoms with Gasteiger partial charge in [0.1, 0.15) is 11.5 Å². The molecule has 0 saturated heterocycles. The molecule has 0 aromatic rings. The maximum Gasteiger partial charge on any atom is 0.199 e. The second-order valence-corrected chi connectivity index (χ2v) is 26.6. The summed E-state index contributed by atoms with van der Waals surface area (Å²) in [4.78, 5) is 23.8. The third-order valence-electron chi connectivity index (χ3n) is 3.57. The highest BCUT2D eigenvalue weighted by atomic mass is 32.3. The van der Waals surface area contributed by atoms with Crippen LogP contribution in [-0.2, 0) is 31.9 Å². The van der Waals surface area contributed by atoms with E-state index in [1.54, 1.807) is 106 Å². The maximum atomic E-state index is 12.1. The van der Waals surface area contributed by atoms with Crippen molar-refractivity contribution in [1.29, 1.82) is 0 Å². The van der Waals surface area contributed by atoms with E-state index in [1.807, 2.05) is 0 Å². The molecule has 0 heterocycles. The number of carbonyl (C=O) groups excluding carboxylic acids is 2. The number of rotatable bonds is 32. The summed E-state index contributed by atoms with van der Waals surface area (Å²) in [6.07, 6.45) is 0. The fourth-order valence-corrected chi connectivity index (χ4v) is 19.4. The summed E-state index contributed by atoms with van der Waals surface area (Å²) >= 11 is 19.1. The zero-order valence-electron chi connectivity index (χ0n) is 22.4. The molecule has 244 valence electrons. The fraction of sp³-hybridized carbons (Fsp3) is 0.900. The molecule has 0 bridgehead atoms. The number of thioether (sulfide) groups is 13. The van der Waals surface area contributed by atoms with E-state index in [9.17, 15) is 18.7 Å². The Morgan fingerprint density at radius 2 is 0.854 bits per heavy atom. The van der Waals surface area contributed by atoms with Crippen LogP contribution in [0.15, 0.2) is 0 Å². The van der Waals surface area contributed by atoms with Gasteiger partial charge in [0.25, 0.3) is 0 Å². The molecule has 0 aliphatic carbocycles. The van der Waals surface area contributed by atoms with Crippen molar-refractivity contribution < 1.29 is 28.9 Å². The average Bonchev–Trinajstić information content (AvgIpc) is 2.96. The highest BCUT2D eigenvalue weighted by Gasteiger charge is 2.09. The number of hydrogen-bond acceptors (Lipinski definition) is 19. The Kier molecular flexibility index (Phi) is 41.3. The van der Waals surface area contributed by atoms with Gasteiger partial charge in [0.05, 0.1) is 23.4 Å². The van der Waals surface area contributed by atoms with Gasteiger partial charge in [-0.1, -0.05) is 47.0 Å². The van der Waals surface area contributed by atoms with Crippen molar-refractivity contribution in [2.45, 2.75) is 0 Å². The lowest BCUT2D eigenvalue weighted by Gasteiger charge is -2.10. The molecule has 0 fully saturated rings. The fourth-order valence-electron chi connectivity index (χ4n) is 1.87. The molecule has 0 radical (unpaired) electrons. The van der Waals surface area contributed by atoms with E-state index < -0.39 is 22.4 Å². The molecule has 0 amide bonds. The monoisotopic (exact) mass is 854 g/mol. The Hall–Kier alpha value is 4.43. The Labute approximate surface area is 307 Å². The lowest BCUT2D eigenvalue weighted by atomic mass is 10.9. The molecule has 21 heteroatoms. The zero-order valence-corrected chi connectivity index (χ0v) is 34.6. The SMILES string of the molecule is O=C(CSCSCC[S+]([O-])CSCSCSCSC(=O)CSCSCC[S+]([O-])CSCSCO)SCSCSCO. The minimum atomic E-state index is -0.825. The van der Waals surface area contributed by atoms with Gasteiger partial charge in [-0.2, -0.15) is 0 Å². The van der Waals surface area contributed by atoms with E-state index in [0.29, 0.717) is 33.2 Å². The van der Waals surface area contributed by atoms with Crippen LogP contribution in [0.4, 0.5) is 0 Å². The Bertz CT molecular complexity index is 601. The number of hydrogen-bond donors (Lipinski definition) is 2. The standard InChI is InChI=1S/C20H38O6S15/c21-7-31-11-34-15-38-19(23)5-29-10-28-2-4-41(26)18-37-14-33-13-35-16-39-20(24)6-30-9-27-1-3-40(25)17-36-12-32-8-22/h21-22H,1-18H2. The molecule has 2 N–H and O–H groups in total. The van der Waals surface area contributed by atoms with Crippen LogP contribution in [0, 0.1) is 0 Å². The number of aliphatic hydroxyl groups is 2. The normalized spacial score (nSPS) is 13.0. The summed E-state index contributed by atoms with van der Waals surface area (Å²) in [7, 11) is 0. The van der Waals surface area contributed by atoms with Crippen molar-refractivity contribution in [1.82, 2.24) is 0 Å². The van der Waals surface area contributed by atoms with Gasteiger partial charge in [-0.15, -0.1) is 106 Å². The molecular weight excluding hydrogens is 817 g/mol. The predicted octanol–water partition coefficient (Wildman–Crippen LogP) is 6.54. The second-order valence-electron chi connectivity index (χ2n) is 6.70. The topological polar surface area (TPSA) is 121 Å². The van der Waals surface area contributed by atoms with Gasteiger partial charge in [0, 0.05) is 52.2 Å². The largest absolute Gasteiger partial charge is 0.616 e. The van der Waals surface area contributed by atoms with Crippen LogP contribution in [0.2, 0.25) is 0 Å². The van der Waals surface area contributed by atoms with Gasteiger partial charge in [0.15, 0.2) is 20.4 Å². The molecule has 2 unspecified atom stereocenters. The van der Waals surface area contributed by atoms with E-state index in [1.165, 1.54) is 47.0 Å². The predicted molar refractivity (Wildman–Crippen MR) is 217 cm³/mol. The van der Waals surface area contributed by atoms with Crippen molar-refractivity contribution in [3.63, 3.8) is 0 Å². The van der Waals surface area contributed by atoms with Gasteiger partial charge in [-0.25, -0.2) is 0 Å². The lowest BCUT2D eigenvalue weighted by Crippen LogP contribution is -2.11. The Morgan fingerprint density at radius 3 is 1.32 bits per heavy atom. The van der Waals surface area contributed by atoms with E-state index in [2.05, 4.69) is 0 Å². The molecule has 6 nitrogen and oxygen atoms in total. The molecule has 41 heavy (non-hydrogen) atoms. The third-order valence-corrected chi connectivity index (χ3v) is 22.7. The van der Waals surface area contributed by atoms with Crippen LogP contribution >= 0.6 is 153 Å². The van der Waals surface area contributed by atoms with Gasteiger partial charge in [-0.3, -0.25) is 9.59 Å². The molecule has 0 spiro atoms. The molecule has 0 aliphatic heterocycles. The first-order valence-electron chi connectivity index (χ1n) is 11.6. The van der Waals surface area contributed by atoms with Crippen molar-refractivity contribution >= 4 is 185 Å². The highest BCUT2D eigenvalue weighted by molar-refractivity contribution is 8.30. The average molecular weight is 856 g/mol. The van der Waals surface area contributed by atoms with Gasteiger partial charge in [-0.05, 0) is 22.4 Å². The zero-order chi connectivity index (χ0) is 30.2. The van der Waals surface area contributed by atoms with Crippen LogP contribution in [0.3, 0.4) is 0 Å². The van der Waals surface area contributed by atoms with E-state index in [4.69, 9.17) is 10.2 Å². The van der Waals surface area contributed by atoms with E-state index >= 15 is 0 Å². The molecule has 0 aromatic carbocycles. The Morgan fingerprint density at radius 1 is 0.488 bits per heavy atom. The summed E-state index contributed by atoms with van der Waals surface area (Å²) < 4.78 is 24.0. The van der Waals surface area contributed by atoms with Crippen molar-refractivity contribution in [2.75, 3.05) is 97.2 Å². The van der Waals surface area contributed by atoms with Crippen molar-refractivity contribution in [3.8, 4) is 0 Å². The maximum absolute atomic E-state index is 12.1. The summed E-state index contributed by atoms with van der Waals surface area (Å²) in [6, 6.07) is 0. The molecule has 0 rings (SSSR count). The van der Waals surface area contributed by atoms with E-state index in [-0.39, 0.29) is 22.1 Å². The quantitative estimate of drug-likeness (QED) is 0.0432. The van der Waals surface area contributed by atoms with Crippen LogP contribution in [0.25, 0.3) is 0 Å². The van der Waals surface area contributed by atoms with Crippen molar-refractivity contribution in [2.24, 2.45) is 0 Å². The molecule has 0 aliphatic rings. The minimum Gasteiger partial charge on any atom is -0.616 e. The van der Waals surface area contributed by atoms with Crippen LogP contribution < -0.4 is 0 Å². The number of carbonyl (C=O) groups is 2. The highest BCUT2D eigenvalue weighted by Crippen LogP contribution is 2.24. The van der Waals surface area contributed by atoms with Crippen LogP contribution in [0.1, 0.15) is 0 Å². The van der Waals surface area contributed by atoms with E-state index in [0.717, 1.165) is 52.2 Å². The summed E-state index contributed by atoms with van der Waals surface area (Å²) in [5.41, 5.74) is 0. The molecule has 2 atom stereocenters. The summed E-state index contributed by atoms with van der Waals surface area (Å²) in [6.45, 7) is 0. The molecular formula is C20H38O6S15. The third kappa shape index (κ3) is 37.1. The summed E-state index contributed by atoms with van der Waals surface area (Å²) in [5.74, 6) is 4.25. The van der Waals surface area contributed by atoms with Gasteiger partial charge < -0.3 is 19.3 Å². The van der Waals surface area contributed by atoms with Crippen LogP contribution in [-0.4, -0.2) is 127 Å². The molecule has 0 saturated carbocycles. The first-order chi connectivity index (χ1) is 20.0. The summed E-state index contributed by atoms with van der Waals surface area (Å²) in [5, 5.41) is 25.6. The van der Waals surface area contributed by atoms with Crippen LogP contribution in [0.5, 0.6) is 0 Å². The number of aliphatic hydroxyl groups excluding tert-OH is 2. The van der Waals surface area contributed by atoms with Gasteiger partial charge in [0.2, 0.25) is 0 Å². The minimum absolute atomic E-state index is 0.104. The van der Waals surface area contributed by atoms with Crippen molar-refractivity contribution in [3.05, 3.63) is 0 Å². The first-order valence-corrected chi connectivity index (χ1v) is 29.2. The molecule has 0 aromatic heterocycles. The second kappa shape index (κ2) is 37.3. The smallest absolute Gasteiger partial charge is 0.199 e. The Balaban J connectivity index is 3.37.